The van der Waals surface area contributed by atoms with Gasteiger partial charge in [-0.05, 0) is 38.7 Å². The van der Waals surface area contributed by atoms with E-state index in [4.69, 9.17) is 0 Å². The quantitative estimate of drug-likeness (QED) is 0.904. The van der Waals surface area contributed by atoms with E-state index in [1.807, 2.05) is 14.1 Å². The van der Waals surface area contributed by atoms with Crippen molar-refractivity contribution in [3.05, 3.63) is 35.4 Å². The lowest BCUT2D eigenvalue weighted by atomic mass is 9.99. The number of likely N-dealkylation sites (N-methyl/N-ethyl adjacent to an activating group) is 2. The van der Waals surface area contributed by atoms with Crippen molar-refractivity contribution in [2.75, 3.05) is 33.7 Å². The van der Waals surface area contributed by atoms with Crippen LogP contribution in [-0.2, 0) is 0 Å². The second-order valence-electron chi connectivity index (χ2n) is 5.31. The summed E-state index contributed by atoms with van der Waals surface area (Å²) < 4.78 is 26.7. The molecule has 2 unspecified atom stereocenters. The normalized spacial score (nSPS) is 23.5. The largest absolute Gasteiger partial charge is 0.388 e. The van der Waals surface area contributed by atoms with Crippen LogP contribution >= 0.6 is 0 Å². The molecule has 2 atom stereocenters. The maximum Gasteiger partial charge on any atom is 0.129 e. The fraction of sp³-hybridized carbons (Fsp3) is 0.571. The topological polar surface area (TPSA) is 26.7 Å². The number of rotatable bonds is 3. The van der Waals surface area contributed by atoms with E-state index < -0.39 is 17.7 Å². The molecule has 106 valence electrons. The Balaban J connectivity index is 2.07. The van der Waals surface area contributed by atoms with E-state index in [-0.39, 0.29) is 11.6 Å². The smallest absolute Gasteiger partial charge is 0.129 e. The lowest BCUT2D eigenvalue weighted by molar-refractivity contribution is 0.0620. The molecule has 1 saturated heterocycles. The van der Waals surface area contributed by atoms with Crippen LogP contribution in [0.1, 0.15) is 18.1 Å². The number of piperazine rings is 1. The Bertz CT molecular complexity index is 441. The van der Waals surface area contributed by atoms with Gasteiger partial charge in [-0.15, -0.1) is 0 Å². The number of benzene rings is 1. The van der Waals surface area contributed by atoms with E-state index >= 15 is 0 Å². The second-order valence-corrected chi connectivity index (χ2v) is 5.31. The zero-order chi connectivity index (χ0) is 14.0. The molecule has 1 aliphatic heterocycles. The van der Waals surface area contributed by atoms with E-state index in [2.05, 4.69) is 9.80 Å². The number of halogens is 2. The first-order chi connectivity index (χ1) is 8.97. The fourth-order valence-electron chi connectivity index (χ4n) is 2.51. The summed E-state index contributed by atoms with van der Waals surface area (Å²) in [7, 11) is 4.02. The van der Waals surface area contributed by atoms with Gasteiger partial charge in [-0.3, -0.25) is 0 Å². The van der Waals surface area contributed by atoms with Gasteiger partial charge in [0.1, 0.15) is 11.6 Å². The Morgan fingerprint density at radius 3 is 2.79 bits per heavy atom. The molecule has 1 N–H and O–H groups in total. The third-order valence-corrected chi connectivity index (χ3v) is 3.79. The zero-order valence-electron chi connectivity index (χ0n) is 11.3. The average Bonchev–Trinajstić information content (AvgIpc) is 2.36. The predicted octanol–water partition coefficient (Wildman–Crippen LogP) is 1.63. The molecule has 5 heteroatoms. The SMILES string of the molecule is CN1CCN(C)C(CC(O)c2cc(F)ccc2F)C1. The lowest BCUT2D eigenvalue weighted by Gasteiger charge is -2.38. The van der Waals surface area contributed by atoms with Gasteiger partial charge in [0.25, 0.3) is 0 Å². The van der Waals surface area contributed by atoms with Crippen LogP contribution in [0.4, 0.5) is 8.78 Å². The summed E-state index contributed by atoms with van der Waals surface area (Å²) in [5.74, 6) is -1.08. The Morgan fingerprint density at radius 2 is 2.05 bits per heavy atom. The van der Waals surface area contributed by atoms with Crippen molar-refractivity contribution in [3.8, 4) is 0 Å². The third-order valence-electron chi connectivity index (χ3n) is 3.79. The minimum Gasteiger partial charge on any atom is -0.388 e. The Hall–Kier alpha value is -1.04. The number of hydrogen-bond acceptors (Lipinski definition) is 3. The van der Waals surface area contributed by atoms with Crippen molar-refractivity contribution in [1.29, 1.82) is 0 Å². The molecule has 1 aliphatic rings. The monoisotopic (exact) mass is 270 g/mol. The van der Waals surface area contributed by atoms with Gasteiger partial charge in [-0.25, -0.2) is 8.78 Å². The van der Waals surface area contributed by atoms with E-state index in [0.717, 1.165) is 37.8 Å². The third kappa shape index (κ3) is 3.49. The number of hydrogen-bond donors (Lipinski definition) is 1. The molecule has 0 aliphatic carbocycles. The summed E-state index contributed by atoms with van der Waals surface area (Å²) >= 11 is 0. The first kappa shape index (κ1) is 14.4. The van der Waals surface area contributed by atoms with E-state index in [0.29, 0.717) is 6.42 Å². The summed E-state index contributed by atoms with van der Waals surface area (Å²) in [5.41, 5.74) is 0.0432. The van der Waals surface area contributed by atoms with Crippen molar-refractivity contribution in [2.24, 2.45) is 0 Å². The minimum absolute atomic E-state index is 0.0432. The summed E-state index contributed by atoms with van der Waals surface area (Å²) in [6, 6.07) is 3.35. The van der Waals surface area contributed by atoms with Crippen LogP contribution in [0.25, 0.3) is 0 Å². The molecule has 1 aromatic rings. The van der Waals surface area contributed by atoms with Crippen molar-refractivity contribution in [2.45, 2.75) is 18.6 Å². The van der Waals surface area contributed by atoms with Gasteiger partial charge in [0.05, 0.1) is 6.10 Å². The molecule has 1 heterocycles. The van der Waals surface area contributed by atoms with Gasteiger partial charge in [-0.1, -0.05) is 0 Å². The molecule has 1 aromatic carbocycles. The van der Waals surface area contributed by atoms with Gasteiger partial charge < -0.3 is 14.9 Å². The van der Waals surface area contributed by atoms with Crippen molar-refractivity contribution in [3.63, 3.8) is 0 Å². The van der Waals surface area contributed by atoms with Crippen LogP contribution in [0.15, 0.2) is 18.2 Å². The van der Waals surface area contributed by atoms with Crippen LogP contribution in [0, 0.1) is 11.6 Å². The van der Waals surface area contributed by atoms with Crippen LogP contribution in [-0.4, -0.2) is 54.7 Å². The average molecular weight is 270 g/mol. The lowest BCUT2D eigenvalue weighted by Crippen LogP contribution is -2.50. The number of aliphatic hydroxyl groups excluding tert-OH is 1. The fourth-order valence-corrected chi connectivity index (χ4v) is 2.51. The molecule has 0 radical (unpaired) electrons. The molecule has 3 nitrogen and oxygen atoms in total. The van der Waals surface area contributed by atoms with Gasteiger partial charge in [-0.2, -0.15) is 0 Å². The molecule has 2 rings (SSSR count). The summed E-state index contributed by atoms with van der Waals surface area (Å²) in [6.07, 6.45) is -0.573. The van der Waals surface area contributed by atoms with E-state index in [1.165, 1.54) is 0 Å². The number of aliphatic hydroxyl groups is 1. The van der Waals surface area contributed by atoms with Gasteiger partial charge in [0, 0.05) is 31.2 Å². The van der Waals surface area contributed by atoms with Crippen molar-refractivity contribution >= 4 is 0 Å². The summed E-state index contributed by atoms with van der Waals surface area (Å²) in [6.45, 7) is 2.72. The Labute approximate surface area is 112 Å². The second kappa shape index (κ2) is 5.94. The Morgan fingerprint density at radius 1 is 1.32 bits per heavy atom. The van der Waals surface area contributed by atoms with Crippen molar-refractivity contribution in [1.82, 2.24) is 9.80 Å². The molecule has 0 bridgehead atoms. The maximum absolute atomic E-state index is 13.6. The van der Waals surface area contributed by atoms with E-state index in [9.17, 15) is 13.9 Å². The van der Waals surface area contributed by atoms with Gasteiger partial charge in [0.15, 0.2) is 0 Å². The molecular formula is C14H20F2N2O. The molecular weight excluding hydrogens is 250 g/mol. The number of nitrogens with zero attached hydrogens (tertiary/aromatic N) is 2. The first-order valence-electron chi connectivity index (χ1n) is 6.49. The van der Waals surface area contributed by atoms with Crippen LogP contribution in [0.5, 0.6) is 0 Å². The van der Waals surface area contributed by atoms with Crippen LogP contribution < -0.4 is 0 Å². The van der Waals surface area contributed by atoms with E-state index in [1.54, 1.807) is 0 Å². The van der Waals surface area contributed by atoms with Crippen molar-refractivity contribution < 1.29 is 13.9 Å². The highest BCUT2D eigenvalue weighted by molar-refractivity contribution is 5.21. The molecule has 1 fully saturated rings. The standard InChI is InChI=1S/C14H20F2N2O/c1-17-5-6-18(2)11(9-17)8-14(19)12-7-10(15)3-4-13(12)16/h3-4,7,11,14,19H,5-6,8-9H2,1-2H3. The molecule has 0 aromatic heterocycles. The molecule has 0 amide bonds. The highest BCUT2D eigenvalue weighted by atomic mass is 19.1. The van der Waals surface area contributed by atoms with Gasteiger partial charge in [0.2, 0.25) is 0 Å². The highest BCUT2D eigenvalue weighted by Gasteiger charge is 2.26. The maximum atomic E-state index is 13.6. The van der Waals surface area contributed by atoms with Crippen LogP contribution in [0.2, 0.25) is 0 Å². The zero-order valence-corrected chi connectivity index (χ0v) is 11.3. The van der Waals surface area contributed by atoms with Gasteiger partial charge >= 0.3 is 0 Å². The predicted molar refractivity (Wildman–Crippen MR) is 69.8 cm³/mol. The molecule has 19 heavy (non-hydrogen) atoms. The Kier molecular flexibility index (Phi) is 4.50. The summed E-state index contributed by atoms with van der Waals surface area (Å²) in [5, 5.41) is 10.1. The summed E-state index contributed by atoms with van der Waals surface area (Å²) in [4.78, 5) is 4.33. The highest BCUT2D eigenvalue weighted by Crippen LogP contribution is 2.25. The molecule has 0 spiro atoms. The minimum atomic E-state index is -0.977. The first-order valence-corrected chi connectivity index (χ1v) is 6.49. The van der Waals surface area contributed by atoms with Crippen LogP contribution in [0.3, 0.4) is 0 Å². The molecule has 0 saturated carbocycles.